The predicted octanol–water partition coefficient (Wildman–Crippen LogP) is 3.85. The summed E-state index contributed by atoms with van der Waals surface area (Å²) in [6.07, 6.45) is 1.63. The van der Waals surface area contributed by atoms with Crippen molar-refractivity contribution in [1.82, 2.24) is 15.0 Å². The van der Waals surface area contributed by atoms with Gasteiger partial charge in [-0.25, -0.2) is 19.2 Å². The minimum atomic E-state index is -1.54. The van der Waals surface area contributed by atoms with Gasteiger partial charge >= 0.3 is 0 Å². The maximum atomic E-state index is 12.9. The van der Waals surface area contributed by atoms with Crippen LogP contribution < -0.4 is 9.46 Å². The van der Waals surface area contributed by atoms with Gasteiger partial charge in [0.15, 0.2) is 33.9 Å². The van der Waals surface area contributed by atoms with E-state index in [0.29, 0.717) is 38.9 Å². The molecular formula is C21H18N4O3S. The lowest BCUT2D eigenvalue weighted by Crippen LogP contribution is -2.09. The lowest BCUT2D eigenvalue weighted by Gasteiger charge is -2.12. The molecule has 146 valence electrons. The van der Waals surface area contributed by atoms with E-state index in [0.717, 1.165) is 5.56 Å². The second-order valence-electron chi connectivity index (χ2n) is 6.34. The average molecular weight is 406 g/mol. The van der Waals surface area contributed by atoms with Crippen LogP contribution in [-0.2, 0) is 11.0 Å². The molecule has 0 radical (unpaired) electrons. The van der Waals surface area contributed by atoms with Gasteiger partial charge < -0.3 is 9.84 Å². The number of fused-ring (bicyclic) bond motifs is 1. The highest BCUT2D eigenvalue weighted by molar-refractivity contribution is 7.86. The first-order valence-electron chi connectivity index (χ1n) is 8.80. The third-order valence-electron chi connectivity index (χ3n) is 4.32. The van der Waals surface area contributed by atoms with Gasteiger partial charge in [0.2, 0.25) is 0 Å². The first kappa shape index (κ1) is 18.8. The van der Waals surface area contributed by atoms with E-state index in [1.54, 1.807) is 42.6 Å². The van der Waals surface area contributed by atoms with Crippen LogP contribution in [-0.4, -0.2) is 31.4 Å². The molecule has 0 amide bonds. The number of phenolic OH excluding ortho intramolecular Hbond substituents is 1. The molecule has 0 bridgehead atoms. The van der Waals surface area contributed by atoms with Gasteiger partial charge in [-0.05, 0) is 49.4 Å². The van der Waals surface area contributed by atoms with E-state index in [2.05, 4.69) is 19.7 Å². The second kappa shape index (κ2) is 7.84. The predicted molar refractivity (Wildman–Crippen MR) is 112 cm³/mol. The third-order valence-corrected chi connectivity index (χ3v) is 5.40. The highest BCUT2D eigenvalue weighted by atomic mass is 32.2. The Labute approximate surface area is 170 Å². The van der Waals surface area contributed by atoms with Gasteiger partial charge in [0, 0.05) is 11.8 Å². The first-order chi connectivity index (χ1) is 14.0. The topological polar surface area (TPSA) is 97.2 Å². The van der Waals surface area contributed by atoms with Crippen LogP contribution in [0.2, 0.25) is 0 Å². The molecule has 1 unspecified atom stereocenters. The number of phenols is 1. The lowest BCUT2D eigenvalue weighted by atomic mass is 10.1. The summed E-state index contributed by atoms with van der Waals surface area (Å²) in [7, 11) is -0.0694. The summed E-state index contributed by atoms with van der Waals surface area (Å²) in [4.78, 5) is 14.0. The number of nitrogens with one attached hydrogen (secondary N) is 1. The molecule has 2 aromatic carbocycles. The summed E-state index contributed by atoms with van der Waals surface area (Å²) < 4.78 is 21.0. The van der Waals surface area contributed by atoms with E-state index in [-0.39, 0.29) is 5.75 Å². The largest absolute Gasteiger partial charge is 0.504 e. The second-order valence-corrected chi connectivity index (χ2v) is 7.55. The van der Waals surface area contributed by atoms with Crippen LogP contribution in [0, 0.1) is 6.92 Å². The SMILES string of the molecule is COc1cc(-c2nc3cccnc3nc2NS(=O)c2ccc(C)cc2)ccc1O. The summed E-state index contributed by atoms with van der Waals surface area (Å²) >= 11 is 0. The Hall–Kier alpha value is -3.52. The van der Waals surface area contributed by atoms with Gasteiger partial charge in [-0.15, -0.1) is 0 Å². The molecule has 0 aliphatic carbocycles. The number of aromatic nitrogens is 3. The minimum Gasteiger partial charge on any atom is -0.504 e. The standard InChI is InChI=1S/C21H18N4O3S/c1-13-5-8-15(9-6-13)29(27)25-21-19(14-7-10-17(26)18(12-14)28-2)23-16-4-3-11-22-20(16)24-21/h3-12,26H,1-2H3,(H,22,24,25). The van der Waals surface area contributed by atoms with Crippen molar-refractivity contribution < 1.29 is 14.1 Å². The number of nitrogens with zero attached hydrogens (tertiary/aromatic N) is 3. The van der Waals surface area contributed by atoms with E-state index < -0.39 is 11.0 Å². The third kappa shape index (κ3) is 3.88. The molecule has 8 heteroatoms. The van der Waals surface area contributed by atoms with Crippen molar-refractivity contribution in [3.05, 3.63) is 66.4 Å². The zero-order chi connectivity index (χ0) is 20.4. The Morgan fingerprint density at radius 1 is 1.07 bits per heavy atom. The van der Waals surface area contributed by atoms with Crippen LogP contribution in [0.5, 0.6) is 11.5 Å². The Morgan fingerprint density at radius 3 is 2.62 bits per heavy atom. The van der Waals surface area contributed by atoms with E-state index in [1.165, 1.54) is 13.2 Å². The number of aryl methyl sites for hydroxylation is 1. The van der Waals surface area contributed by atoms with Crippen LogP contribution >= 0.6 is 0 Å². The molecule has 29 heavy (non-hydrogen) atoms. The van der Waals surface area contributed by atoms with Crippen LogP contribution in [0.3, 0.4) is 0 Å². The van der Waals surface area contributed by atoms with Crippen molar-refractivity contribution >= 4 is 28.0 Å². The fraction of sp³-hybridized carbons (Fsp3) is 0.0952. The molecular weight excluding hydrogens is 388 g/mol. The average Bonchev–Trinajstić information content (AvgIpc) is 2.74. The van der Waals surface area contributed by atoms with Gasteiger partial charge in [0.05, 0.1) is 12.0 Å². The molecule has 4 aromatic rings. The number of ether oxygens (including phenoxy) is 1. The van der Waals surface area contributed by atoms with Gasteiger partial charge in [0.25, 0.3) is 0 Å². The van der Waals surface area contributed by atoms with Crippen LogP contribution in [0.4, 0.5) is 5.82 Å². The monoisotopic (exact) mass is 406 g/mol. The maximum Gasteiger partial charge on any atom is 0.180 e. The number of rotatable bonds is 5. The minimum absolute atomic E-state index is 0.0180. The molecule has 0 fully saturated rings. The van der Waals surface area contributed by atoms with E-state index >= 15 is 0 Å². The molecule has 0 saturated carbocycles. The molecule has 4 rings (SSSR count). The van der Waals surface area contributed by atoms with Crippen molar-refractivity contribution in [2.24, 2.45) is 0 Å². The van der Waals surface area contributed by atoms with E-state index in [9.17, 15) is 9.32 Å². The van der Waals surface area contributed by atoms with Crippen LogP contribution in [0.15, 0.2) is 65.7 Å². The van der Waals surface area contributed by atoms with Gasteiger partial charge in [-0.2, -0.15) is 0 Å². The van der Waals surface area contributed by atoms with E-state index in [1.807, 2.05) is 19.1 Å². The zero-order valence-corrected chi connectivity index (χ0v) is 16.6. The van der Waals surface area contributed by atoms with Crippen molar-refractivity contribution in [3.63, 3.8) is 0 Å². The normalized spacial score (nSPS) is 11.9. The first-order valence-corrected chi connectivity index (χ1v) is 9.95. The zero-order valence-electron chi connectivity index (χ0n) is 15.8. The van der Waals surface area contributed by atoms with Crippen LogP contribution in [0.25, 0.3) is 22.4 Å². The van der Waals surface area contributed by atoms with E-state index in [4.69, 9.17) is 4.74 Å². The molecule has 0 saturated heterocycles. The quantitative estimate of drug-likeness (QED) is 0.523. The van der Waals surface area contributed by atoms with Crippen molar-refractivity contribution in [1.29, 1.82) is 0 Å². The smallest absolute Gasteiger partial charge is 0.180 e. The number of benzene rings is 2. The van der Waals surface area contributed by atoms with Crippen molar-refractivity contribution in [3.8, 4) is 22.8 Å². The molecule has 2 heterocycles. The van der Waals surface area contributed by atoms with Gasteiger partial charge in [0.1, 0.15) is 11.2 Å². The van der Waals surface area contributed by atoms with Crippen molar-refractivity contribution in [2.45, 2.75) is 11.8 Å². The summed E-state index contributed by atoms with van der Waals surface area (Å²) in [6, 6.07) is 15.8. The summed E-state index contributed by atoms with van der Waals surface area (Å²) in [5.74, 6) is 0.647. The molecule has 2 aromatic heterocycles. The molecule has 0 spiro atoms. The molecule has 7 nitrogen and oxygen atoms in total. The fourth-order valence-corrected chi connectivity index (χ4v) is 3.62. The van der Waals surface area contributed by atoms with Crippen molar-refractivity contribution in [2.75, 3.05) is 11.8 Å². The number of aromatic hydroxyl groups is 1. The molecule has 2 N–H and O–H groups in total. The van der Waals surface area contributed by atoms with Gasteiger partial charge in [-0.3, -0.25) is 4.72 Å². The highest BCUT2D eigenvalue weighted by Crippen LogP contribution is 2.34. The Bertz CT molecular complexity index is 1210. The van der Waals surface area contributed by atoms with Gasteiger partial charge in [-0.1, -0.05) is 17.7 Å². The summed E-state index contributed by atoms with van der Waals surface area (Å²) in [6.45, 7) is 1.97. The molecule has 0 aliphatic heterocycles. The highest BCUT2D eigenvalue weighted by Gasteiger charge is 2.16. The fourth-order valence-electron chi connectivity index (χ4n) is 2.80. The molecule has 1 atom stereocenters. The Kier molecular flexibility index (Phi) is 5.09. The number of pyridine rings is 1. The molecule has 0 aliphatic rings. The number of methoxy groups -OCH3 is 1. The maximum absolute atomic E-state index is 12.9. The Balaban J connectivity index is 1.82. The number of anilines is 1. The number of hydrogen-bond acceptors (Lipinski definition) is 6. The van der Waals surface area contributed by atoms with Crippen LogP contribution in [0.1, 0.15) is 5.56 Å². The lowest BCUT2D eigenvalue weighted by molar-refractivity contribution is 0.373. The number of hydrogen-bond donors (Lipinski definition) is 2. The Morgan fingerprint density at radius 2 is 1.86 bits per heavy atom. The summed E-state index contributed by atoms with van der Waals surface area (Å²) in [5.41, 5.74) is 3.24. The summed E-state index contributed by atoms with van der Waals surface area (Å²) in [5, 5.41) is 9.90.